The van der Waals surface area contributed by atoms with E-state index < -0.39 is 0 Å². The number of carbonyl (C=O) groups is 1. The quantitative estimate of drug-likeness (QED) is 0.713. The summed E-state index contributed by atoms with van der Waals surface area (Å²) in [6, 6.07) is 9.89. The Morgan fingerprint density at radius 2 is 2.04 bits per heavy atom. The monoisotopic (exact) mass is 365 g/mol. The molecular weight excluding hydrogens is 342 g/mol. The third-order valence-electron chi connectivity index (χ3n) is 5.13. The summed E-state index contributed by atoms with van der Waals surface area (Å²) in [7, 11) is 1.66. The zero-order valence-electron chi connectivity index (χ0n) is 15.8. The fourth-order valence-electron chi connectivity index (χ4n) is 3.87. The second-order valence-corrected chi connectivity index (χ2v) is 6.98. The molecule has 7 heteroatoms. The van der Waals surface area contributed by atoms with Crippen LogP contribution in [0.1, 0.15) is 52.9 Å². The molecule has 1 fully saturated rings. The van der Waals surface area contributed by atoms with Crippen LogP contribution in [0, 0.1) is 13.8 Å². The maximum atomic E-state index is 13.4. The zero-order chi connectivity index (χ0) is 19.0. The van der Waals surface area contributed by atoms with Gasteiger partial charge in [0.15, 0.2) is 0 Å². The van der Waals surface area contributed by atoms with Crippen molar-refractivity contribution in [2.24, 2.45) is 0 Å². The first kappa shape index (κ1) is 17.5. The Hall–Kier alpha value is -2.96. The van der Waals surface area contributed by atoms with E-state index in [-0.39, 0.29) is 11.9 Å². The van der Waals surface area contributed by atoms with Gasteiger partial charge in [0.2, 0.25) is 5.82 Å². The maximum Gasteiger partial charge on any atom is 0.292 e. The van der Waals surface area contributed by atoms with E-state index in [9.17, 15) is 4.79 Å². The second kappa shape index (κ2) is 6.98. The summed E-state index contributed by atoms with van der Waals surface area (Å²) in [6.07, 6.45) is 3.00. The Balaban J connectivity index is 1.73. The third-order valence-corrected chi connectivity index (χ3v) is 5.13. The van der Waals surface area contributed by atoms with Gasteiger partial charge in [-0.05, 0) is 56.9 Å². The molecule has 0 bridgehead atoms. The molecule has 0 saturated carbocycles. The van der Waals surface area contributed by atoms with Crippen LogP contribution in [-0.2, 0) is 0 Å². The van der Waals surface area contributed by atoms with E-state index in [1.165, 1.54) is 0 Å². The average molecular weight is 365 g/mol. The van der Waals surface area contributed by atoms with E-state index in [4.69, 9.17) is 4.74 Å². The topological polar surface area (TPSA) is 72.6 Å². The van der Waals surface area contributed by atoms with Crippen molar-refractivity contribution in [1.29, 1.82) is 0 Å². The molecule has 1 aliphatic rings. The van der Waals surface area contributed by atoms with Crippen molar-refractivity contribution in [3.63, 3.8) is 0 Å². The standard InChI is InChI=1S/C20H23N5O2/c1-13-11-14(2)25-18(22-23-20(25)21-13)19(26)24-10-5-4-9-17(24)15-7-6-8-16(12-15)27-3/h6-8,11-12,17H,4-5,9-10H2,1-3H3. The lowest BCUT2D eigenvalue weighted by molar-refractivity contribution is 0.0596. The van der Waals surface area contributed by atoms with Gasteiger partial charge in [-0.2, -0.15) is 0 Å². The molecule has 3 heterocycles. The van der Waals surface area contributed by atoms with Crippen LogP contribution in [0.5, 0.6) is 5.75 Å². The zero-order valence-corrected chi connectivity index (χ0v) is 15.8. The molecule has 1 unspecified atom stereocenters. The van der Waals surface area contributed by atoms with Crippen LogP contribution in [0.15, 0.2) is 30.3 Å². The number of amides is 1. The summed E-state index contributed by atoms with van der Waals surface area (Å²) < 4.78 is 7.10. The summed E-state index contributed by atoms with van der Waals surface area (Å²) in [5.41, 5.74) is 2.85. The molecule has 0 N–H and O–H groups in total. The van der Waals surface area contributed by atoms with Crippen LogP contribution in [-0.4, -0.2) is 44.0 Å². The normalized spacial score (nSPS) is 17.3. The molecule has 27 heavy (non-hydrogen) atoms. The maximum absolute atomic E-state index is 13.4. The van der Waals surface area contributed by atoms with Crippen molar-refractivity contribution in [2.75, 3.05) is 13.7 Å². The Morgan fingerprint density at radius 1 is 1.19 bits per heavy atom. The summed E-state index contributed by atoms with van der Waals surface area (Å²) in [4.78, 5) is 19.7. The van der Waals surface area contributed by atoms with Crippen molar-refractivity contribution in [1.82, 2.24) is 24.5 Å². The number of fused-ring (bicyclic) bond motifs is 1. The first-order valence-corrected chi connectivity index (χ1v) is 9.23. The number of hydrogen-bond donors (Lipinski definition) is 0. The number of aromatic nitrogens is 4. The van der Waals surface area contributed by atoms with Crippen molar-refractivity contribution >= 4 is 11.7 Å². The number of carbonyl (C=O) groups excluding carboxylic acids is 1. The molecule has 0 radical (unpaired) electrons. The van der Waals surface area contributed by atoms with E-state index in [0.29, 0.717) is 18.1 Å². The van der Waals surface area contributed by atoms with Gasteiger partial charge < -0.3 is 9.64 Å². The van der Waals surface area contributed by atoms with Gasteiger partial charge in [-0.25, -0.2) is 4.98 Å². The summed E-state index contributed by atoms with van der Waals surface area (Å²) >= 11 is 0. The van der Waals surface area contributed by atoms with Gasteiger partial charge >= 0.3 is 0 Å². The minimum atomic E-state index is -0.108. The van der Waals surface area contributed by atoms with Crippen LogP contribution in [0.3, 0.4) is 0 Å². The molecule has 4 rings (SSSR count). The molecule has 1 aromatic carbocycles. The molecule has 0 aliphatic carbocycles. The fourth-order valence-corrected chi connectivity index (χ4v) is 3.87. The summed E-state index contributed by atoms with van der Waals surface area (Å²) in [5, 5.41) is 8.28. The molecule has 1 saturated heterocycles. The minimum absolute atomic E-state index is 0.00686. The van der Waals surface area contributed by atoms with Crippen LogP contribution in [0.2, 0.25) is 0 Å². The molecule has 3 aromatic rings. The van der Waals surface area contributed by atoms with Crippen LogP contribution < -0.4 is 4.74 Å². The highest BCUT2D eigenvalue weighted by Gasteiger charge is 2.32. The van der Waals surface area contributed by atoms with Gasteiger partial charge in [0.05, 0.1) is 13.2 Å². The SMILES string of the molecule is COc1cccc(C2CCCCN2C(=O)c2nnc3nc(C)cc(C)n23)c1. The molecule has 2 aromatic heterocycles. The molecule has 0 spiro atoms. The van der Waals surface area contributed by atoms with E-state index >= 15 is 0 Å². The number of nitrogens with zero attached hydrogens (tertiary/aromatic N) is 5. The Labute approximate surface area is 158 Å². The number of benzene rings is 1. The lowest BCUT2D eigenvalue weighted by atomic mass is 9.95. The number of likely N-dealkylation sites (tertiary alicyclic amines) is 1. The van der Waals surface area contributed by atoms with E-state index in [0.717, 1.165) is 42.0 Å². The van der Waals surface area contributed by atoms with Gasteiger partial charge in [0.1, 0.15) is 5.75 Å². The van der Waals surface area contributed by atoms with Crippen molar-refractivity contribution in [3.05, 3.63) is 53.1 Å². The largest absolute Gasteiger partial charge is 0.497 e. The second-order valence-electron chi connectivity index (χ2n) is 6.98. The van der Waals surface area contributed by atoms with Crippen LogP contribution in [0.25, 0.3) is 5.78 Å². The molecule has 7 nitrogen and oxygen atoms in total. The molecule has 1 aliphatic heterocycles. The van der Waals surface area contributed by atoms with Gasteiger partial charge in [-0.15, -0.1) is 10.2 Å². The van der Waals surface area contributed by atoms with Crippen molar-refractivity contribution < 1.29 is 9.53 Å². The number of rotatable bonds is 3. The third kappa shape index (κ3) is 3.13. The molecule has 1 amide bonds. The number of piperidine rings is 1. The molecule has 140 valence electrons. The highest BCUT2D eigenvalue weighted by atomic mass is 16.5. The molecular formula is C20H23N5O2. The van der Waals surface area contributed by atoms with Crippen LogP contribution >= 0.6 is 0 Å². The van der Waals surface area contributed by atoms with Gasteiger partial charge in [0, 0.05) is 17.9 Å². The van der Waals surface area contributed by atoms with Crippen LogP contribution in [0.4, 0.5) is 0 Å². The average Bonchev–Trinajstić information content (AvgIpc) is 3.11. The lowest BCUT2D eigenvalue weighted by Crippen LogP contribution is -2.39. The first-order valence-electron chi connectivity index (χ1n) is 9.23. The predicted molar refractivity (Wildman–Crippen MR) is 101 cm³/mol. The number of ether oxygens (including phenoxy) is 1. The Morgan fingerprint density at radius 3 is 2.85 bits per heavy atom. The summed E-state index contributed by atoms with van der Waals surface area (Å²) in [6.45, 7) is 4.55. The lowest BCUT2D eigenvalue weighted by Gasteiger charge is -2.35. The van der Waals surface area contributed by atoms with Gasteiger partial charge in [-0.1, -0.05) is 12.1 Å². The number of methoxy groups -OCH3 is 1. The van der Waals surface area contributed by atoms with Gasteiger partial charge in [0.25, 0.3) is 11.7 Å². The van der Waals surface area contributed by atoms with E-state index in [1.807, 2.05) is 43.0 Å². The Bertz CT molecular complexity index is 997. The smallest absolute Gasteiger partial charge is 0.292 e. The van der Waals surface area contributed by atoms with E-state index in [2.05, 4.69) is 21.2 Å². The fraction of sp³-hybridized carbons (Fsp3) is 0.400. The highest BCUT2D eigenvalue weighted by Crippen LogP contribution is 2.33. The number of hydrogen-bond acceptors (Lipinski definition) is 5. The van der Waals surface area contributed by atoms with Gasteiger partial charge in [-0.3, -0.25) is 9.20 Å². The summed E-state index contributed by atoms with van der Waals surface area (Å²) in [5.74, 6) is 1.48. The Kier molecular flexibility index (Phi) is 4.51. The van der Waals surface area contributed by atoms with E-state index in [1.54, 1.807) is 11.5 Å². The minimum Gasteiger partial charge on any atom is -0.497 e. The first-order chi connectivity index (χ1) is 13.1. The van der Waals surface area contributed by atoms with Crippen molar-refractivity contribution in [2.45, 2.75) is 39.2 Å². The van der Waals surface area contributed by atoms with Crippen molar-refractivity contribution in [3.8, 4) is 5.75 Å². The highest BCUT2D eigenvalue weighted by molar-refractivity contribution is 5.91. The predicted octanol–water partition coefficient (Wildman–Crippen LogP) is 3.12. The number of aryl methyl sites for hydroxylation is 2. The molecule has 1 atom stereocenters.